The normalized spacial score (nSPS) is 22.8. The Bertz CT molecular complexity index is 271. The van der Waals surface area contributed by atoms with Crippen LogP contribution in [0.1, 0.15) is 12.8 Å². The summed E-state index contributed by atoms with van der Waals surface area (Å²) in [5, 5.41) is 19.4. The number of hydrogen-bond acceptors (Lipinski definition) is 4. The van der Waals surface area contributed by atoms with Crippen molar-refractivity contribution in [2.45, 2.75) is 18.9 Å². The van der Waals surface area contributed by atoms with E-state index < -0.39 is 6.10 Å². The van der Waals surface area contributed by atoms with E-state index in [0.29, 0.717) is 0 Å². The molecule has 1 saturated carbocycles. The van der Waals surface area contributed by atoms with Crippen molar-refractivity contribution in [2.24, 2.45) is 5.92 Å². The van der Waals surface area contributed by atoms with Crippen molar-refractivity contribution >= 4 is 0 Å². The highest BCUT2D eigenvalue weighted by atomic mass is 16.7. The lowest BCUT2D eigenvalue weighted by Gasteiger charge is -2.22. The van der Waals surface area contributed by atoms with Crippen molar-refractivity contribution in [2.75, 3.05) is 19.8 Å². The molecule has 1 aliphatic carbocycles. The molecule has 4 nitrogen and oxygen atoms in total. The first-order valence-corrected chi connectivity index (χ1v) is 5.36. The van der Waals surface area contributed by atoms with Crippen LogP contribution in [0, 0.1) is 5.92 Å². The maximum atomic E-state index is 9.10. The first-order valence-electron chi connectivity index (χ1n) is 5.36. The molecule has 1 fully saturated rings. The number of nitrogens with zero attached hydrogens (tertiary/aromatic N) is 1. The van der Waals surface area contributed by atoms with Crippen molar-refractivity contribution in [1.82, 2.24) is 5.06 Å². The molecule has 1 aliphatic heterocycles. The second kappa shape index (κ2) is 4.79. The fourth-order valence-corrected chi connectivity index (χ4v) is 1.54. The molecule has 0 bridgehead atoms. The lowest BCUT2D eigenvalue weighted by atomic mass is 10.1. The minimum absolute atomic E-state index is 0.132. The average Bonchev–Trinajstić information content (AvgIpc) is 3.10. The van der Waals surface area contributed by atoms with Gasteiger partial charge in [-0.2, -0.15) is 0 Å². The summed E-state index contributed by atoms with van der Waals surface area (Å²) in [4.78, 5) is 5.28. The quantitative estimate of drug-likeness (QED) is 0.692. The van der Waals surface area contributed by atoms with E-state index in [-0.39, 0.29) is 13.2 Å². The van der Waals surface area contributed by atoms with Gasteiger partial charge in [-0.15, -0.1) is 0 Å². The monoisotopic (exact) mass is 211 g/mol. The topological polar surface area (TPSA) is 52.9 Å². The summed E-state index contributed by atoms with van der Waals surface area (Å²) in [6, 6.07) is 0. The Hall–Kier alpha value is -0.840. The highest BCUT2D eigenvalue weighted by Gasteiger charge is 2.25. The third kappa shape index (κ3) is 3.06. The molecule has 4 heteroatoms. The largest absolute Gasteiger partial charge is 0.394 e. The first kappa shape index (κ1) is 10.7. The van der Waals surface area contributed by atoms with Crippen molar-refractivity contribution in [3.63, 3.8) is 0 Å². The molecule has 0 aromatic carbocycles. The molecule has 0 spiro atoms. The zero-order valence-electron chi connectivity index (χ0n) is 8.67. The Morgan fingerprint density at radius 2 is 2.33 bits per heavy atom. The van der Waals surface area contributed by atoms with E-state index in [0.717, 1.165) is 12.5 Å². The number of aliphatic hydroxyl groups is 2. The van der Waals surface area contributed by atoms with E-state index in [1.54, 1.807) is 5.06 Å². The van der Waals surface area contributed by atoms with Gasteiger partial charge in [0.2, 0.25) is 0 Å². The van der Waals surface area contributed by atoms with Crippen LogP contribution in [0.15, 0.2) is 23.9 Å². The molecule has 84 valence electrons. The molecule has 1 unspecified atom stereocenters. The molecular formula is C11H17NO3. The van der Waals surface area contributed by atoms with Gasteiger partial charge in [0.25, 0.3) is 0 Å². The van der Waals surface area contributed by atoms with Gasteiger partial charge in [0.15, 0.2) is 0 Å². The Labute approximate surface area is 89.4 Å². The maximum Gasteiger partial charge on any atom is 0.103 e. The van der Waals surface area contributed by atoms with Crippen molar-refractivity contribution < 1.29 is 15.1 Å². The third-order valence-corrected chi connectivity index (χ3v) is 2.63. The number of allylic oxidation sites excluding steroid dienone is 2. The van der Waals surface area contributed by atoms with Crippen LogP contribution in [0.25, 0.3) is 0 Å². The van der Waals surface area contributed by atoms with Crippen LogP contribution in [-0.4, -0.2) is 41.1 Å². The van der Waals surface area contributed by atoms with Crippen molar-refractivity contribution in [1.29, 1.82) is 0 Å². The van der Waals surface area contributed by atoms with Crippen LogP contribution in [0.5, 0.6) is 0 Å². The van der Waals surface area contributed by atoms with Gasteiger partial charge in [-0.25, -0.2) is 0 Å². The molecule has 0 aromatic heterocycles. The molecule has 2 aliphatic rings. The summed E-state index contributed by atoms with van der Waals surface area (Å²) < 4.78 is 0. The Kier molecular flexibility index (Phi) is 3.41. The van der Waals surface area contributed by atoms with Crippen LogP contribution in [0.4, 0.5) is 0 Å². The van der Waals surface area contributed by atoms with Gasteiger partial charge in [-0.3, -0.25) is 9.90 Å². The predicted molar refractivity (Wildman–Crippen MR) is 55.7 cm³/mol. The highest BCUT2D eigenvalue weighted by molar-refractivity contribution is 5.27. The fourth-order valence-electron chi connectivity index (χ4n) is 1.54. The summed E-state index contributed by atoms with van der Waals surface area (Å²) in [5.74, 6) is 0.770. The summed E-state index contributed by atoms with van der Waals surface area (Å²) in [6.45, 7) is 0.592. The van der Waals surface area contributed by atoms with Gasteiger partial charge < -0.3 is 10.2 Å². The van der Waals surface area contributed by atoms with Gasteiger partial charge in [0.05, 0.1) is 13.2 Å². The SMILES string of the molecule is OCC(O)CON1C=CC(C2CC2)=CC1. The van der Waals surface area contributed by atoms with Crippen LogP contribution in [0.3, 0.4) is 0 Å². The van der Waals surface area contributed by atoms with E-state index in [4.69, 9.17) is 15.1 Å². The molecule has 1 atom stereocenters. The Balaban J connectivity index is 1.72. The third-order valence-electron chi connectivity index (χ3n) is 2.63. The number of hydroxylamine groups is 2. The summed E-state index contributed by atoms with van der Waals surface area (Å²) in [6.07, 6.45) is 7.92. The Morgan fingerprint density at radius 3 is 2.87 bits per heavy atom. The zero-order chi connectivity index (χ0) is 10.7. The standard InChI is InChI=1S/C11H17NO3/c13-7-11(14)8-15-12-5-3-10(4-6-12)9-1-2-9/h3-5,9,11,13-14H,1-2,6-8H2. The molecule has 2 rings (SSSR count). The molecule has 0 radical (unpaired) electrons. The van der Waals surface area contributed by atoms with Crippen LogP contribution in [0.2, 0.25) is 0 Å². The van der Waals surface area contributed by atoms with Crippen LogP contribution >= 0.6 is 0 Å². The maximum absolute atomic E-state index is 9.10. The molecule has 0 saturated heterocycles. The molecule has 1 heterocycles. The van der Waals surface area contributed by atoms with Gasteiger partial charge >= 0.3 is 0 Å². The van der Waals surface area contributed by atoms with Crippen molar-refractivity contribution in [3.8, 4) is 0 Å². The summed E-state index contributed by atoms with van der Waals surface area (Å²) in [5.41, 5.74) is 1.40. The Morgan fingerprint density at radius 1 is 1.53 bits per heavy atom. The number of rotatable bonds is 5. The second-order valence-electron chi connectivity index (χ2n) is 4.03. The zero-order valence-corrected chi connectivity index (χ0v) is 8.67. The van der Waals surface area contributed by atoms with E-state index in [1.165, 1.54) is 18.4 Å². The summed E-state index contributed by atoms with van der Waals surface area (Å²) >= 11 is 0. The lowest BCUT2D eigenvalue weighted by molar-refractivity contribution is -0.144. The lowest BCUT2D eigenvalue weighted by Crippen LogP contribution is -2.28. The van der Waals surface area contributed by atoms with E-state index in [2.05, 4.69) is 12.2 Å². The van der Waals surface area contributed by atoms with Crippen LogP contribution in [-0.2, 0) is 4.84 Å². The minimum atomic E-state index is -0.799. The smallest absolute Gasteiger partial charge is 0.103 e. The van der Waals surface area contributed by atoms with Gasteiger partial charge in [0, 0.05) is 6.20 Å². The average molecular weight is 211 g/mol. The van der Waals surface area contributed by atoms with Gasteiger partial charge in [-0.05, 0) is 30.4 Å². The second-order valence-corrected chi connectivity index (χ2v) is 4.03. The van der Waals surface area contributed by atoms with Crippen molar-refractivity contribution in [3.05, 3.63) is 23.9 Å². The first-order chi connectivity index (χ1) is 7.29. The number of aliphatic hydroxyl groups excluding tert-OH is 2. The fraction of sp³-hybridized carbons (Fsp3) is 0.636. The summed E-state index contributed by atoms with van der Waals surface area (Å²) in [7, 11) is 0. The van der Waals surface area contributed by atoms with E-state index in [9.17, 15) is 0 Å². The predicted octanol–water partition coefficient (Wildman–Crippen LogP) is 0.437. The molecular weight excluding hydrogens is 194 g/mol. The van der Waals surface area contributed by atoms with E-state index in [1.807, 2.05) is 6.20 Å². The van der Waals surface area contributed by atoms with E-state index >= 15 is 0 Å². The van der Waals surface area contributed by atoms with Crippen LogP contribution < -0.4 is 0 Å². The minimum Gasteiger partial charge on any atom is -0.394 e. The molecule has 0 amide bonds. The molecule has 15 heavy (non-hydrogen) atoms. The molecule has 0 aromatic rings. The highest BCUT2D eigenvalue weighted by Crippen LogP contribution is 2.37. The molecule has 2 N–H and O–H groups in total. The number of hydrogen-bond donors (Lipinski definition) is 2. The van der Waals surface area contributed by atoms with Gasteiger partial charge in [0.1, 0.15) is 12.7 Å². The van der Waals surface area contributed by atoms with Gasteiger partial charge in [-0.1, -0.05) is 6.08 Å².